The summed E-state index contributed by atoms with van der Waals surface area (Å²) in [7, 11) is 0. The second-order valence-corrected chi connectivity index (χ2v) is 9.68. The zero-order chi connectivity index (χ0) is 20.3. The Balaban J connectivity index is 1.59. The summed E-state index contributed by atoms with van der Waals surface area (Å²) >= 11 is 0. The van der Waals surface area contributed by atoms with E-state index < -0.39 is 5.97 Å². The van der Waals surface area contributed by atoms with Crippen molar-refractivity contribution >= 4 is 17.4 Å². The Morgan fingerprint density at radius 1 is 1.10 bits per heavy atom. The zero-order valence-corrected chi connectivity index (χ0v) is 17.4. The molecule has 5 aliphatic rings. The number of aliphatic carboxylic acids is 1. The van der Waals surface area contributed by atoms with Gasteiger partial charge in [-0.2, -0.15) is 0 Å². The fourth-order valence-electron chi connectivity index (χ4n) is 7.10. The summed E-state index contributed by atoms with van der Waals surface area (Å²) in [5.41, 5.74) is 3.21. The molecule has 0 spiro atoms. The van der Waals surface area contributed by atoms with Gasteiger partial charge >= 0.3 is 5.97 Å². The number of allylic oxidation sites excluding steroid dienone is 1. The summed E-state index contributed by atoms with van der Waals surface area (Å²) in [4.78, 5) is 18.8. The predicted octanol–water partition coefficient (Wildman–Crippen LogP) is 4.24. The van der Waals surface area contributed by atoms with Crippen LogP contribution >= 0.6 is 0 Å². The molecular formula is C25H30N3O2+. The molecule has 1 fully saturated rings. The highest BCUT2D eigenvalue weighted by molar-refractivity contribution is 6.37. The van der Waals surface area contributed by atoms with Gasteiger partial charge in [-0.25, -0.2) is 9.79 Å². The van der Waals surface area contributed by atoms with Gasteiger partial charge in [-0.1, -0.05) is 36.8 Å². The van der Waals surface area contributed by atoms with E-state index in [0.717, 1.165) is 29.6 Å². The minimum absolute atomic E-state index is 0.294. The lowest BCUT2D eigenvalue weighted by Gasteiger charge is -2.47. The molecule has 156 valence electrons. The van der Waals surface area contributed by atoms with Gasteiger partial charge in [0, 0.05) is 36.8 Å². The van der Waals surface area contributed by atoms with Gasteiger partial charge in [-0.15, -0.1) is 0 Å². The van der Waals surface area contributed by atoms with Crippen molar-refractivity contribution in [1.82, 2.24) is 9.38 Å². The summed E-state index contributed by atoms with van der Waals surface area (Å²) in [5.74, 6) is 0.540. The van der Waals surface area contributed by atoms with Crippen LogP contribution in [0.15, 0.2) is 53.4 Å². The molecule has 2 aliphatic carbocycles. The van der Waals surface area contributed by atoms with Crippen LogP contribution in [0.4, 0.5) is 5.69 Å². The van der Waals surface area contributed by atoms with E-state index in [2.05, 4.69) is 47.5 Å². The quantitative estimate of drug-likeness (QED) is 0.593. The van der Waals surface area contributed by atoms with Crippen LogP contribution in [0.3, 0.4) is 0 Å². The van der Waals surface area contributed by atoms with Crippen molar-refractivity contribution < 1.29 is 9.90 Å². The Morgan fingerprint density at radius 2 is 1.90 bits per heavy atom. The Bertz CT molecular complexity index is 974. The van der Waals surface area contributed by atoms with E-state index in [0.29, 0.717) is 36.3 Å². The number of benzene rings is 1. The van der Waals surface area contributed by atoms with Crippen molar-refractivity contribution in [3.8, 4) is 0 Å². The molecule has 5 heteroatoms. The largest absolute Gasteiger partial charge is 0.477 e. The van der Waals surface area contributed by atoms with Gasteiger partial charge in [0.2, 0.25) is 0 Å². The average molecular weight is 405 g/mol. The fraction of sp³-hybridized carbons (Fsp3) is 0.520. The number of aliphatic imine (C=N–C) groups is 1. The average Bonchev–Trinajstić information content (AvgIpc) is 3.32. The van der Waals surface area contributed by atoms with Crippen molar-refractivity contribution in [2.24, 2.45) is 10.9 Å². The van der Waals surface area contributed by atoms with Gasteiger partial charge in [0.1, 0.15) is 23.6 Å². The van der Waals surface area contributed by atoms with Crippen LogP contribution in [-0.2, 0) is 11.2 Å². The molecule has 0 aromatic heterocycles. The molecule has 0 saturated heterocycles. The Morgan fingerprint density at radius 3 is 2.73 bits per heavy atom. The lowest BCUT2D eigenvalue weighted by atomic mass is 9.79. The summed E-state index contributed by atoms with van der Waals surface area (Å²) in [6.07, 6.45) is 16.7. The minimum Gasteiger partial charge on any atom is -0.477 e. The highest BCUT2D eigenvalue weighted by atomic mass is 16.4. The first-order valence-electron chi connectivity index (χ1n) is 11.6. The molecule has 30 heavy (non-hydrogen) atoms. The highest BCUT2D eigenvalue weighted by Gasteiger charge is 2.58. The molecule has 1 saturated carbocycles. The normalized spacial score (nSPS) is 34.9. The fourth-order valence-corrected chi connectivity index (χ4v) is 7.10. The van der Waals surface area contributed by atoms with Gasteiger partial charge in [0.05, 0.1) is 12.6 Å². The van der Waals surface area contributed by atoms with Gasteiger partial charge in [-0.3, -0.25) is 4.48 Å². The van der Waals surface area contributed by atoms with Crippen LogP contribution in [0, 0.1) is 5.92 Å². The van der Waals surface area contributed by atoms with E-state index in [1.165, 1.54) is 43.4 Å². The number of hydrogen-bond acceptors (Lipinski definition) is 3. The van der Waals surface area contributed by atoms with Crippen LogP contribution < -0.4 is 4.48 Å². The molecule has 1 aromatic rings. The molecule has 1 aromatic carbocycles. The second-order valence-electron chi connectivity index (χ2n) is 9.68. The molecule has 6 rings (SSSR count). The summed E-state index contributed by atoms with van der Waals surface area (Å²) < 4.78 is 0.896. The van der Waals surface area contributed by atoms with Crippen LogP contribution in [0.1, 0.15) is 50.5 Å². The molecule has 4 unspecified atom stereocenters. The van der Waals surface area contributed by atoms with E-state index in [1.807, 2.05) is 0 Å². The first-order chi connectivity index (χ1) is 14.7. The lowest BCUT2D eigenvalue weighted by molar-refractivity contribution is -0.129. The molecular weight excluding hydrogens is 374 g/mol. The summed E-state index contributed by atoms with van der Waals surface area (Å²) in [5, 5.41) is 9.68. The molecule has 3 aliphatic heterocycles. The number of carbonyl (C=O) groups is 1. The third kappa shape index (κ3) is 2.51. The second kappa shape index (κ2) is 6.81. The predicted molar refractivity (Wildman–Crippen MR) is 118 cm³/mol. The molecule has 5 nitrogen and oxygen atoms in total. The topological polar surface area (TPSA) is 52.9 Å². The van der Waals surface area contributed by atoms with E-state index >= 15 is 0 Å². The van der Waals surface area contributed by atoms with E-state index in [1.54, 1.807) is 0 Å². The summed E-state index contributed by atoms with van der Waals surface area (Å²) in [6.45, 7) is 0.440. The lowest BCUT2D eigenvalue weighted by Crippen LogP contribution is -2.61. The third-order valence-corrected chi connectivity index (χ3v) is 8.35. The maximum Gasteiger partial charge on any atom is 0.352 e. The molecule has 0 amide bonds. The van der Waals surface area contributed by atoms with Crippen LogP contribution in [-0.4, -0.2) is 46.4 Å². The van der Waals surface area contributed by atoms with Crippen LogP contribution in [0.25, 0.3) is 0 Å². The van der Waals surface area contributed by atoms with Crippen molar-refractivity contribution in [2.75, 3.05) is 6.54 Å². The molecule has 4 atom stereocenters. The molecule has 1 N–H and O–H groups in total. The Hall–Kier alpha value is -2.40. The maximum absolute atomic E-state index is 11.8. The van der Waals surface area contributed by atoms with Crippen LogP contribution in [0.5, 0.6) is 0 Å². The van der Waals surface area contributed by atoms with E-state index in [4.69, 9.17) is 4.99 Å². The number of rotatable bonds is 2. The SMILES string of the molecule is O=C(O)C1=NC2=C[N+]3(C4CCCCC4)c4ccccc4CC3C3CC=CCC3N2C1. The zero-order valence-electron chi connectivity index (χ0n) is 17.4. The number of nitrogens with zero attached hydrogens (tertiary/aromatic N) is 3. The number of carboxylic acids is 1. The van der Waals surface area contributed by atoms with Gasteiger partial charge < -0.3 is 10.0 Å². The molecule has 0 bridgehead atoms. The Kier molecular flexibility index (Phi) is 4.17. The number of quaternary nitrogens is 1. The molecule has 0 radical (unpaired) electrons. The number of hydrogen-bond donors (Lipinski definition) is 1. The number of fused-ring (bicyclic) bond motifs is 7. The van der Waals surface area contributed by atoms with E-state index in [-0.39, 0.29) is 0 Å². The van der Waals surface area contributed by atoms with Gasteiger partial charge in [0.25, 0.3) is 0 Å². The first-order valence-corrected chi connectivity index (χ1v) is 11.6. The number of para-hydroxylation sites is 1. The van der Waals surface area contributed by atoms with Crippen molar-refractivity contribution in [2.45, 2.75) is 69.5 Å². The standard InChI is InChI=1S/C25H29N3O2/c29-25(30)20-15-27-21-12-6-5-11-19(21)23-14-17-8-4-7-13-22(17)28(23,16-24(27)26-20)18-9-2-1-3-10-18/h4-8,13,16,18-19,21,23H,1-3,9-12,14-15H2/p+1. The highest BCUT2D eigenvalue weighted by Crippen LogP contribution is 2.52. The van der Waals surface area contributed by atoms with Crippen molar-refractivity contribution in [1.29, 1.82) is 0 Å². The maximum atomic E-state index is 11.8. The van der Waals surface area contributed by atoms with Gasteiger partial charge in [-0.05, 0) is 31.7 Å². The summed E-state index contributed by atoms with van der Waals surface area (Å²) in [6, 6.07) is 10.4. The number of carboxylic acid groups (broad SMARTS) is 1. The first kappa shape index (κ1) is 18.4. The monoisotopic (exact) mass is 404 g/mol. The van der Waals surface area contributed by atoms with Crippen molar-refractivity contribution in [3.05, 3.63) is 54.0 Å². The minimum atomic E-state index is -0.880. The van der Waals surface area contributed by atoms with Crippen molar-refractivity contribution in [3.63, 3.8) is 0 Å². The smallest absolute Gasteiger partial charge is 0.352 e. The van der Waals surface area contributed by atoms with Gasteiger partial charge in [0.15, 0.2) is 5.82 Å². The third-order valence-electron chi connectivity index (χ3n) is 8.35. The van der Waals surface area contributed by atoms with E-state index in [9.17, 15) is 9.90 Å². The molecule has 3 heterocycles. The van der Waals surface area contributed by atoms with Crippen LogP contribution in [0.2, 0.25) is 0 Å². The Labute approximate surface area is 178 Å².